The van der Waals surface area contributed by atoms with Crippen molar-refractivity contribution in [3.8, 4) is 0 Å². The fraction of sp³-hybridized carbons (Fsp3) is 0.417. The normalized spacial score (nSPS) is 10.1. The number of anilines is 1. The van der Waals surface area contributed by atoms with Gasteiger partial charge in [0.05, 0.1) is 0 Å². The molecule has 16 heavy (non-hydrogen) atoms. The van der Waals surface area contributed by atoms with Crippen LogP contribution in [0.3, 0.4) is 0 Å². The Balaban J connectivity index is 2.79. The first-order chi connectivity index (χ1) is 7.66. The second-order valence-corrected chi connectivity index (χ2v) is 4.55. The van der Waals surface area contributed by atoms with Gasteiger partial charge < -0.3 is 5.11 Å². The molecule has 4 heteroatoms. The second-order valence-electron chi connectivity index (χ2n) is 3.57. The van der Waals surface area contributed by atoms with Crippen molar-refractivity contribution in [1.29, 1.82) is 0 Å². The van der Waals surface area contributed by atoms with Crippen LogP contribution < -0.4 is 4.90 Å². The van der Waals surface area contributed by atoms with E-state index < -0.39 is 6.09 Å². The van der Waals surface area contributed by atoms with Crippen LogP contribution in [-0.4, -0.2) is 30.3 Å². The topological polar surface area (TPSA) is 40.5 Å². The van der Waals surface area contributed by atoms with Crippen molar-refractivity contribution in [2.75, 3.05) is 24.0 Å². The van der Waals surface area contributed by atoms with Gasteiger partial charge in [-0.15, -0.1) is 0 Å². The zero-order chi connectivity index (χ0) is 12.0. The van der Waals surface area contributed by atoms with Crippen molar-refractivity contribution < 1.29 is 9.90 Å². The van der Waals surface area contributed by atoms with Crippen molar-refractivity contribution >= 4 is 23.5 Å². The third-order valence-corrected chi connectivity index (χ3v) is 3.13. The van der Waals surface area contributed by atoms with Gasteiger partial charge in [0, 0.05) is 12.7 Å². The number of rotatable bonds is 5. The third kappa shape index (κ3) is 3.45. The Hall–Kier alpha value is -1.16. The predicted molar refractivity (Wildman–Crippen MR) is 69.6 cm³/mol. The summed E-state index contributed by atoms with van der Waals surface area (Å²) in [5.41, 5.74) is 1.89. The van der Waals surface area contributed by atoms with E-state index in [9.17, 15) is 4.79 Å². The molecule has 1 amide bonds. The fourth-order valence-electron chi connectivity index (χ4n) is 1.56. The molecule has 0 bridgehead atoms. The first-order valence-corrected chi connectivity index (χ1v) is 6.59. The molecule has 0 spiro atoms. The van der Waals surface area contributed by atoms with E-state index in [1.54, 1.807) is 7.05 Å². The van der Waals surface area contributed by atoms with Gasteiger partial charge in [-0.3, -0.25) is 4.90 Å². The third-order valence-electron chi connectivity index (χ3n) is 2.43. The van der Waals surface area contributed by atoms with Crippen LogP contribution in [0.15, 0.2) is 24.3 Å². The van der Waals surface area contributed by atoms with Crippen LogP contribution >= 0.6 is 11.8 Å². The fourth-order valence-corrected chi connectivity index (χ4v) is 1.99. The summed E-state index contributed by atoms with van der Waals surface area (Å²) < 4.78 is 0. The summed E-state index contributed by atoms with van der Waals surface area (Å²) in [6.45, 7) is 0. The number of hydrogen-bond acceptors (Lipinski definition) is 2. The summed E-state index contributed by atoms with van der Waals surface area (Å²) in [7, 11) is 1.58. The molecule has 88 valence electrons. The summed E-state index contributed by atoms with van der Waals surface area (Å²) in [5, 5.41) is 8.95. The molecular formula is C12H17NO2S. The van der Waals surface area contributed by atoms with Gasteiger partial charge in [0.2, 0.25) is 0 Å². The van der Waals surface area contributed by atoms with Gasteiger partial charge in [-0.05, 0) is 36.5 Å². The van der Waals surface area contributed by atoms with E-state index in [4.69, 9.17) is 5.11 Å². The van der Waals surface area contributed by atoms with Gasteiger partial charge in [0.1, 0.15) is 0 Å². The van der Waals surface area contributed by atoms with Gasteiger partial charge in [-0.25, -0.2) is 4.79 Å². The summed E-state index contributed by atoms with van der Waals surface area (Å²) in [4.78, 5) is 12.2. The highest BCUT2D eigenvalue weighted by Crippen LogP contribution is 2.21. The molecule has 0 fully saturated rings. The smallest absolute Gasteiger partial charge is 0.411 e. The van der Waals surface area contributed by atoms with E-state index >= 15 is 0 Å². The molecule has 1 N–H and O–H groups in total. The van der Waals surface area contributed by atoms with Gasteiger partial charge in [0.25, 0.3) is 0 Å². The first kappa shape index (κ1) is 12.9. The van der Waals surface area contributed by atoms with Gasteiger partial charge in [0.15, 0.2) is 0 Å². The van der Waals surface area contributed by atoms with Crippen LogP contribution in [0, 0.1) is 0 Å². The minimum absolute atomic E-state index is 0.788. The molecule has 0 heterocycles. The average molecular weight is 239 g/mol. The first-order valence-electron chi connectivity index (χ1n) is 5.20. The lowest BCUT2D eigenvalue weighted by Crippen LogP contribution is -2.24. The Morgan fingerprint density at radius 1 is 1.44 bits per heavy atom. The van der Waals surface area contributed by atoms with Crippen LogP contribution in [0.1, 0.15) is 12.0 Å². The minimum atomic E-state index is -0.919. The summed E-state index contributed by atoms with van der Waals surface area (Å²) in [6, 6.07) is 7.66. The maximum absolute atomic E-state index is 10.9. The highest BCUT2D eigenvalue weighted by atomic mass is 32.2. The number of thioether (sulfide) groups is 1. The largest absolute Gasteiger partial charge is 0.465 e. The van der Waals surface area contributed by atoms with E-state index in [1.807, 2.05) is 36.0 Å². The second kappa shape index (κ2) is 6.43. The maximum Gasteiger partial charge on any atom is 0.411 e. The van der Waals surface area contributed by atoms with Crippen LogP contribution in [0.25, 0.3) is 0 Å². The predicted octanol–water partition coefficient (Wildman–Crippen LogP) is 3.10. The van der Waals surface area contributed by atoms with Crippen molar-refractivity contribution in [3.63, 3.8) is 0 Å². The highest BCUT2D eigenvalue weighted by molar-refractivity contribution is 7.98. The Morgan fingerprint density at radius 2 is 2.12 bits per heavy atom. The standard InChI is InChI=1S/C12H17NO2S/c1-13(12(14)15)11-8-4-3-6-10(11)7-5-9-16-2/h3-4,6,8H,5,7,9H2,1-2H3,(H,14,15). The Labute approximate surface area is 100 Å². The monoisotopic (exact) mass is 239 g/mol. The Kier molecular flexibility index (Phi) is 5.19. The quantitative estimate of drug-likeness (QED) is 0.803. The molecule has 0 atom stereocenters. The zero-order valence-electron chi connectivity index (χ0n) is 9.64. The molecular weight excluding hydrogens is 222 g/mol. The number of nitrogens with zero attached hydrogens (tertiary/aromatic N) is 1. The summed E-state index contributed by atoms with van der Waals surface area (Å²) in [6.07, 6.45) is 3.16. The average Bonchev–Trinajstić information content (AvgIpc) is 2.29. The van der Waals surface area contributed by atoms with E-state index in [0.717, 1.165) is 29.8 Å². The number of carbonyl (C=O) groups is 1. The molecule has 0 saturated carbocycles. The molecule has 0 unspecified atom stereocenters. The lowest BCUT2D eigenvalue weighted by Gasteiger charge is -2.17. The Bertz CT molecular complexity index is 355. The number of aryl methyl sites for hydroxylation is 1. The minimum Gasteiger partial charge on any atom is -0.465 e. The van der Waals surface area contributed by atoms with Crippen LogP contribution in [0.5, 0.6) is 0 Å². The van der Waals surface area contributed by atoms with Crippen LogP contribution in [0.2, 0.25) is 0 Å². The van der Waals surface area contributed by atoms with Gasteiger partial charge >= 0.3 is 6.09 Å². The number of benzene rings is 1. The van der Waals surface area contributed by atoms with E-state index in [-0.39, 0.29) is 0 Å². The van der Waals surface area contributed by atoms with E-state index in [2.05, 4.69) is 6.26 Å². The van der Waals surface area contributed by atoms with Crippen molar-refractivity contribution in [2.24, 2.45) is 0 Å². The maximum atomic E-state index is 10.9. The molecule has 0 radical (unpaired) electrons. The van der Waals surface area contributed by atoms with Gasteiger partial charge in [-0.1, -0.05) is 18.2 Å². The molecule has 1 rings (SSSR count). The van der Waals surface area contributed by atoms with E-state index in [1.165, 1.54) is 4.90 Å². The molecule has 0 aliphatic carbocycles. The van der Waals surface area contributed by atoms with Gasteiger partial charge in [-0.2, -0.15) is 11.8 Å². The molecule has 0 aliphatic rings. The van der Waals surface area contributed by atoms with Crippen molar-refractivity contribution in [1.82, 2.24) is 0 Å². The summed E-state index contributed by atoms with van der Waals surface area (Å²) in [5.74, 6) is 1.10. The molecule has 1 aromatic rings. The van der Waals surface area contributed by atoms with E-state index in [0.29, 0.717) is 0 Å². The number of amides is 1. The van der Waals surface area contributed by atoms with Crippen molar-refractivity contribution in [3.05, 3.63) is 29.8 Å². The van der Waals surface area contributed by atoms with Crippen LogP contribution in [-0.2, 0) is 6.42 Å². The lowest BCUT2D eigenvalue weighted by molar-refractivity contribution is 0.203. The molecule has 0 aromatic heterocycles. The Morgan fingerprint density at radius 3 is 2.75 bits per heavy atom. The highest BCUT2D eigenvalue weighted by Gasteiger charge is 2.11. The van der Waals surface area contributed by atoms with Crippen LogP contribution in [0.4, 0.5) is 10.5 Å². The molecule has 0 saturated heterocycles. The molecule has 3 nitrogen and oxygen atoms in total. The molecule has 1 aromatic carbocycles. The number of para-hydroxylation sites is 1. The SMILES string of the molecule is CSCCCc1ccccc1N(C)C(=O)O. The lowest BCUT2D eigenvalue weighted by atomic mass is 10.1. The zero-order valence-corrected chi connectivity index (χ0v) is 10.5. The number of hydrogen-bond donors (Lipinski definition) is 1. The van der Waals surface area contributed by atoms with Crippen molar-refractivity contribution in [2.45, 2.75) is 12.8 Å². The summed E-state index contributed by atoms with van der Waals surface area (Å²) >= 11 is 1.81. The number of carboxylic acid groups (broad SMARTS) is 1. The molecule has 0 aliphatic heterocycles.